The number of carboxylic acids is 1. The highest BCUT2D eigenvalue weighted by Gasteiger charge is 2.51. The van der Waals surface area contributed by atoms with Crippen molar-refractivity contribution in [2.45, 2.75) is 83.1 Å². The Morgan fingerprint density at radius 3 is 2.30 bits per heavy atom. The van der Waals surface area contributed by atoms with Gasteiger partial charge in [0.05, 0.1) is 11.5 Å². The zero-order valence-corrected chi connectivity index (χ0v) is 23.9. The minimum atomic E-state index is -0.733. The highest BCUT2D eigenvalue weighted by Crippen LogP contribution is 2.49. The van der Waals surface area contributed by atoms with Crippen molar-refractivity contribution in [2.75, 3.05) is 0 Å². The fourth-order valence-electron chi connectivity index (χ4n) is 5.47. The van der Waals surface area contributed by atoms with Gasteiger partial charge in [-0.15, -0.1) is 0 Å². The van der Waals surface area contributed by atoms with E-state index in [1.54, 1.807) is 4.68 Å². The number of nitrogens with one attached hydrogen (secondary N) is 1. The molecule has 0 spiro atoms. The summed E-state index contributed by atoms with van der Waals surface area (Å²) in [6.07, 6.45) is 4.56. The lowest BCUT2D eigenvalue weighted by Crippen LogP contribution is -2.23. The van der Waals surface area contributed by atoms with Crippen molar-refractivity contribution >= 4 is 5.97 Å². The lowest BCUT2D eigenvalue weighted by Gasteiger charge is -2.19. The largest absolute Gasteiger partial charge is 0.481 e. The summed E-state index contributed by atoms with van der Waals surface area (Å²) >= 11 is 0. The second-order valence-corrected chi connectivity index (χ2v) is 12.3. The van der Waals surface area contributed by atoms with E-state index in [0.717, 1.165) is 36.0 Å². The first-order chi connectivity index (χ1) is 19.0. The lowest BCUT2D eigenvalue weighted by molar-refractivity contribution is -0.140. The summed E-state index contributed by atoms with van der Waals surface area (Å²) in [5, 5.41) is 14.3. The second-order valence-electron chi connectivity index (χ2n) is 12.3. The van der Waals surface area contributed by atoms with E-state index < -0.39 is 11.4 Å². The van der Waals surface area contributed by atoms with Crippen LogP contribution in [0.3, 0.4) is 0 Å². The number of hydrogen-bond acceptors (Lipinski definition) is 3. The van der Waals surface area contributed by atoms with E-state index in [1.807, 2.05) is 37.3 Å². The molecule has 1 aliphatic carbocycles. The fourth-order valence-corrected chi connectivity index (χ4v) is 5.47. The van der Waals surface area contributed by atoms with E-state index in [1.165, 1.54) is 16.7 Å². The molecule has 1 atom stereocenters. The topological polar surface area (TPSA) is 88.0 Å². The van der Waals surface area contributed by atoms with Gasteiger partial charge in [0.1, 0.15) is 5.82 Å². The third-order valence-corrected chi connectivity index (χ3v) is 8.17. The van der Waals surface area contributed by atoms with E-state index in [4.69, 9.17) is 0 Å². The molecule has 0 radical (unpaired) electrons. The van der Waals surface area contributed by atoms with Crippen LogP contribution in [-0.4, -0.2) is 25.8 Å². The molecule has 1 heterocycles. The predicted molar refractivity (Wildman–Crippen MR) is 159 cm³/mol. The monoisotopic (exact) mass is 537 g/mol. The van der Waals surface area contributed by atoms with Crippen molar-refractivity contribution in [3.8, 4) is 11.1 Å². The molecule has 6 nitrogen and oxygen atoms in total. The molecule has 1 saturated carbocycles. The van der Waals surface area contributed by atoms with Gasteiger partial charge in [0.2, 0.25) is 0 Å². The van der Waals surface area contributed by atoms with Gasteiger partial charge in [-0.2, -0.15) is 5.10 Å². The number of carbonyl (C=O) groups is 1. The number of rotatable bonds is 10. The maximum absolute atomic E-state index is 12.6. The number of H-pyrrole nitrogens is 1. The maximum Gasteiger partial charge on any atom is 0.343 e. The van der Waals surface area contributed by atoms with E-state index in [9.17, 15) is 14.7 Å². The highest BCUT2D eigenvalue weighted by atomic mass is 16.4. The summed E-state index contributed by atoms with van der Waals surface area (Å²) in [5.41, 5.74) is 5.96. The highest BCUT2D eigenvalue weighted by molar-refractivity contribution is 5.85. The van der Waals surface area contributed by atoms with Crippen LogP contribution in [-0.2, 0) is 34.9 Å². The molecule has 208 valence electrons. The van der Waals surface area contributed by atoms with E-state index >= 15 is 0 Å². The van der Waals surface area contributed by atoms with Crippen LogP contribution in [0.2, 0.25) is 0 Å². The summed E-state index contributed by atoms with van der Waals surface area (Å²) in [6.45, 7) is 8.65. The van der Waals surface area contributed by atoms with Crippen molar-refractivity contribution in [3.63, 3.8) is 0 Å². The molecule has 1 aromatic heterocycles. The molecule has 6 heteroatoms. The number of aromatic nitrogens is 3. The quantitative estimate of drug-likeness (QED) is 0.238. The molecule has 4 aromatic rings. The van der Waals surface area contributed by atoms with Gasteiger partial charge in [0.25, 0.3) is 0 Å². The van der Waals surface area contributed by atoms with E-state index in [0.29, 0.717) is 25.1 Å². The standard InChI is InChI=1S/C34H39N3O3/c1-23(20-25-14-16-28(17-15-25)33(2,3)4)37-32(40)35-30(36-37)13-6-9-24-8-5-10-26(21-24)27-11-7-12-29(22-27)34(18-19-34)31(38)39/h5,7-8,10-12,14-17,21-23H,6,9,13,18-20H2,1-4H3,(H,38,39)(H,35,36,40). The van der Waals surface area contributed by atoms with Gasteiger partial charge >= 0.3 is 11.7 Å². The van der Waals surface area contributed by atoms with Crippen LogP contribution in [0.15, 0.2) is 77.6 Å². The zero-order chi connectivity index (χ0) is 28.5. The van der Waals surface area contributed by atoms with Crippen molar-refractivity contribution in [2.24, 2.45) is 0 Å². The van der Waals surface area contributed by atoms with Crippen molar-refractivity contribution < 1.29 is 9.90 Å². The molecule has 3 aromatic carbocycles. The average Bonchev–Trinajstić information content (AvgIpc) is 3.66. The van der Waals surface area contributed by atoms with Crippen LogP contribution in [0.1, 0.15) is 81.1 Å². The van der Waals surface area contributed by atoms with Crippen LogP contribution in [0.25, 0.3) is 11.1 Å². The molecular formula is C34H39N3O3. The third-order valence-electron chi connectivity index (χ3n) is 8.17. The number of aromatic amines is 1. The van der Waals surface area contributed by atoms with Crippen LogP contribution in [0, 0.1) is 0 Å². The van der Waals surface area contributed by atoms with Gasteiger partial charge in [-0.05, 0) is 77.8 Å². The number of aliphatic carboxylic acids is 1. The number of nitrogens with zero attached hydrogens (tertiary/aromatic N) is 2. The first-order valence-electron chi connectivity index (χ1n) is 14.3. The van der Waals surface area contributed by atoms with E-state index in [2.05, 4.69) is 73.3 Å². The smallest absolute Gasteiger partial charge is 0.343 e. The molecule has 5 rings (SSSR count). The Kier molecular flexibility index (Phi) is 7.54. The predicted octanol–water partition coefficient (Wildman–Crippen LogP) is 6.63. The Balaban J connectivity index is 1.19. The molecule has 40 heavy (non-hydrogen) atoms. The maximum atomic E-state index is 12.6. The number of carboxylic acid groups (broad SMARTS) is 1. The lowest BCUT2D eigenvalue weighted by atomic mass is 9.86. The van der Waals surface area contributed by atoms with Gasteiger partial charge in [0, 0.05) is 6.42 Å². The van der Waals surface area contributed by atoms with Crippen molar-refractivity contribution in [1.82, 2.24) is 14.8 Å². The minimum Gasteiger partial charge on any atom is -0.481 e. The van der Waals surface area contributed by atoms with Crippen molar-refractivity contribution in [1.29, 1.82) is 0 Å². The molecule has 2 N–H and O–H groups in total. The fraction of sp³-hybridized carbons (Fsp3) is 0.382. The first-order valence-corrected chi connectivity index (χ1v) is 14.3. The number of aryl methyl sites for hydroxylation is 2. The normalized spacial score (nSPS) is 15.1. The van der Waals surface area contributed by atoms with Crippen molar-refractivity contribution in [3.05, 3.63) is 111 Å². The molecule has 0 bridgehead atoms. The summed E-state index contributed by atoms with van der Waals surface area (Å²) in [4.78, 5) is 27.4. The molecule has 0 amide bonds. The van der Waals surface area contributed by atoms with Gasteiger partial charge < -0.3 is 5.11 Å². The van der Waals surface area contributed by atoms with Crippen LogP contribution in [0.5, 0.6) is 0 Å². The molecule has 0 saturated heterocycles. The Morgan fingerprint density at radius 2 is 1.65 bits per heavy atom. The first kappa shape index (κ1) is 27.6. The summed E-state index contributed by atoms with van der Waals surface area (Å²) in [7, 11) is 0. The molecule has 1 unspecified atom stereocenters. The number of benzene rings is 3. The Hall–Kier alpha value is -3.93. The van der Waals surface area contributed by atoms with Gasteiger partial charge in [-0.3, -0.25) is 9.78 Å². The summed E-state index contributed by atoms with van der Waals surface area (Å²) in [6, 6.07) is 25.0. The minimum absolute atomic E-state index is 0.0404. The van der Waals surface area contributed by atoms with Crippen LogP contribution >= 0.6 is 0 Å². The third kappa shape index (κ3) is 5.96. The summed E-state index contributed by atoms with van der Waals surface area (Å²) < 4.78 is 1.57. The average molecular weight is 538 g/mol. The second kappa shape index (κ2) is 10.9. The van der Waals surface area contributed by atoms with Crippen LogP contribution < -0.4 is 5.69 Å². The Morgan fingerprint density at radius 1 is 0.975 bits per heavy atom. The molecule has 1 aliphatic rings. The van der Waals surface area contributed by atoms with Gasteiger partial charge in [-0.25, -0.2) is 9.48 Å². The Bertz CT molecular complexity index is 1550. The molecular weight excluding hydrogens is 498 g/mol. The Labute approximate surface area is 236 Å². The molecule has 0 aliphatic heterocycles. The van der Waals surface area contributed by atoms with Gasteiger partial charge in [0.15, 0.2) is 0 Å². The number of hydrogen-bond donors (Lipinski definition) is 2. The van der Waals surface area contributed by atoms with E-state index in [-0.39, 0.29) is 17.1 Å². The van der Waals surface area contributed by atoms with Gasteiger partial charge in [-0.1, -0.05) is 93.6 Å². The summed E-state index contributed by atoms with van der Waals surface area (Å²) in [5.74, 6) is -0.0183. The SMILES string of the molecule is CC(Cc1ccc(C(C)(C)C)cc1)n1nc(CCCc2cccc(-c3cccc(C4(C(=O)O)CC4)c3)c2)[nH]c1=O. The zero-order valence-electron chi connectivity index (χ0n) is 23.9. The van der Waals surface area contributed by atoms with Crippen LogP contribution in [0.4, 0.5) is 0 Å². The molecule has 1 fully saturated rings.